The van der Waals surface area contributed by atoms with Gasteiger partial charge in [-0.15, -0.1) is 0 Å². The van der Waals surface area contributed by atoms with Crippen molar-refractivity contribution < 1.29 is 25.2 Å². The molecule has 170 valence electrons. The van der Waals surface area contributed by atoms with Crippen LogP contribution in [0.4, 0.5) is 0 Å². The number of benzene rings is 1. The van der Waals surface area contributed by atoms with Crippen LogP contribution in [0.5, 0.6) is 0 Å². The van der Waals surface area contributed by atoms with E-state index in [1.165, 1.54) is 12.5 Å². The third kappa shape index (κ3) is 8.36. The fourth-order valence-corrected chi connectivity index (χ4v) is 3.42. The maximum atomic E-state index is 10.8. The number of hydrogen-bond donors (Lipinski definition) is 4. The summed E-state index contributed by atoms with van der Waals surface area (Å²) in [5, 5.41) is 39.7. The molecule has 7 nitrogen and oxygen atoms in total. The predicted octanol–water partition coefficient (Wildman–Crippen LogP) is 4.01. The highest BCUT2D eigenvalue weighted by Gasteiger charge is 2.17. The van der Waals surface area contributed by atoms with Crippen LogP contribution in [0.15, 0.2) is 30.3 Å². The molecule has 1 aromatic heterocycles. The maximum Gasteiger partial charge on any atom is 0.303 e. The van der Waals surface area contributed by atoms with E-state index in [4.69, 9.17) is 5.11 Å². The quantitative estimate of drug-likeness (QED) is 0.334. The number of carbonyl (C=O) groups is 1. The van der Waals surface area contributed by atoms with E-state index in [1.807, 2.05) is 24.3 Å². The van der Waals surface area contributed by atoms with Gasteiger partial charge in [0.15, 0.2) is 0 Å². The molecule has 1 heterocycles. The monoisotopic (exact) mass is 430 g/mol. The molecule has 0 saturated heterocycles. The molecule has 0 aliphatic carbocycles. The molecule has 0 bridgehead atoms. The Hall–Kier alpha value is -2.35. The number of para-hydroxylation sites is 2. The average Bonchev–Trinajstić information content (AvgIpc) is 2.76. The van der Waals surface area contributed by atoms with Gasteiger partial charge in [-0.2, -0.15) is 0 Å². The highest BCUT2D eigenvalue weighted by Crippen LogP contribution is 2.24. The van der Waals surface area contributed by atoms with Crippen molar-refractivity contribution in [2.75, 3.05) is 0 Å². The number of hydrogen-bond acceptors (Lipinski definition) is 6. The van der Waals surface area contributed by atoms with Gasteiger partial charge >= 0.3 is 5.97 Å². The van der Waals surface area contributed by atoms with Crippen molar-refractivity contribution in [3.8, 4) is 0 Å². The number of aromatic nitrogens is 2. The Morgan fingerprint density at radius 1 is 0.968 bits per heavy atom. The highest BCUT2D eigenvalue weighted by molar-refractivity contribution is 5.75. The lowest BCUT2D eigenvalue weighted by Gasteiger charge is -2.15. The number of aliphatic hydroxyl groups excluding tert-OH is 3. The molecule has 2 aromatic rings. The van der Waals surface area contributed by atoms with E-state index in [0.29, 0.717) is 28.8 Å². The minimum Gasteiger partial charge on any atom is -0.481 e. The van der Waals surface area contributed by atoms with Gasteiger partial charge in [-0.1, -0.05) is 57.2 Å². The third-order valence-electron chi connectivity index (χ3n) is 5.26. The van der Waals surface area contributed by atoms with E-state index in [1.54, 1.807) is 6.08 Å². The second-order valence-corrected chi connectivity index (χ2v) is 7.90. The van der Waals surface area contributed by atoms with Crippen molar-refractivity contribution in [3.63, 3.8) is 0 Å². The van der Waals surface area contributed by atoms with Crippen LogP contribution in [0.2, 0.25) is 0 Å². The van der Waals surface area contributed by atoms with Crippen LogP contribution in [0.3, 0.4) is 0 Å². The van der Waals surface area contributed by atoms with E-state index in [0.717, 1.165) is 25.7 Å². The van der Waals surface area contributed by atoms with E-state index >= 15 is 0 Å². The molecule has 2 rings (SSSR count). The second kappa shape index (κ2) is 13.1. The summed E-state index contributed by atoms with van der Waals surface area (Å²) in [5.41, 5.74) is 2.28. The summed E-state index contributed by atoms with van der Waals surface area (Å²) in [7, 11) is 0. The molecule has 0 spiro atoms. The number of carboxylic acids is 1. The third-order valence-corrected chi connectivity index (χ3v) is 5.26. The number of rotatable bonds is 14. The van der Waals surface area contributed by atoms with Crippen molar-refractivity contribution in [2.24, 2.45) is 0 Å². The molecule has 1 aromatic carbocycles. The Labute approximate surface area is 183 Å². The predicted molar refractivity (Wildman–Crippen MR) is 120 cm³/mol. The molecular weight excluding hydrogens is 396 g/mol. The Kier molecular flexibility index (Phi) is 10.6. The number of fused-ring (bicyclic) bond motifs is 1. The minimum atomic E-state index is -1.17. The minimum absolute atomic E-state index is 0.0573. The first kappa shape index (κ1) is 24.9. The fourth-order valence-electron chi connectivity index (χ4n) is 3.42. The van der Waals surface area contributed by atoms with Crippen molar-refractivity contribution in [1.82, 2.24) is 9.97 Å². The Morgan fingerprint density at radius 2 is 1.65 bits per heavy atom. The standard InChI is InChI=1S/C24H34N2O5/c1-2-3-4-5-6-12-22(29)24-19(25-17-10-7-8-11-18(17)26-24)15-16-21(28)20(27)13-9-14-23(30)31/h7-8,10-11,15-16,20-22,27-29H,2-6,9,12-14H2,1H3,(H,30,31)/b16-15+/t20-,21+,22+/m0/s1. The molecule has 0 aliphatic heterocycles. The molecule has 3 atom stereocenters. The Morgan fingerprint density at radius 3 is 2.32 bits per heavy atom. The van der Waals surface area contributed by atoms with Crippen LogP contribution >= 0.6 is 0 Å². The van der Waals surface area contributed by atoms with E-state index in [9.17, 15) is 20.1 Å². The van der Waals surface area contributed by atoms with Gasteiger partial charge in [0.25, 0.3) is 0 Å². The first-order valence-electron chi connectivity index (χ1n) is 11.1. The van der Waals surface area contributed by atoms with Crippen molar-refractivity contribution >= 4 is 23.1 Å². The molecule has 4 N–H and O–H groups in total. The van der Waals surface area contributed by atoms with Crippen LogP contribution < -0.4 is 0 Å². The molecule has 0 fully saturated rings. The van der Waals surface area contributed by atoms with Gasteiger partial charge in [-0.3, -0.25) is 4.79 Å². The van der Waals surface area contributed by atoms with Gasteiger partial charge in [0.2, 0.25) is 0 Å². The zero-order chi connectivity index (χ0) is 22.6. The van der Waals surface area contributed by atoms with Crippen LogP contribution in [0.1, 0.15) is 82.2 Å². The van der Waals surface area contributed by atoms with Gasteiger partial charge < -0.3 is 20.4 Å². The summed E-state index contributed by atoms with van der Waals surface area (Å²) in [5.74, 6) is -0.933. The molecule has 0 unspecified atom stereocenters. The first-order chi connectivity index (χ1) is 14.9. The van der Waals surface area contributed by atoms with Gasteiger partial charge in [-0.05, 0) is 37.5 Å². The number of carboxylic acid groups (broad SMARTS) is 1. The van der Waals surface area contributed by atoms with Gasteiger partial charge in [-0.25, -0.2) is 9.97 Å². The van der Waals surface area contributed by atoms with Gasteiger partial charge in [0.05, 0.1) is 40.7 Å². The van der Waals surface area contributed by atoms with Crippen LogP contribution in [0, 0.1) is 0 Å². The summed E-state index contributed by atoms with van der Waals surface area (Å²) >= 11 is 0. The lowest BCUT2D eigenvalue weighted by Crippen LogP contribution is -2.23. The summed E-state index contributed by atoms with van der Waals surface area (Å²) in [6.07, 6.45) is 6.40. The topological polar surface area (TPSA) is 124 Å². The highest BCUT2D eigenvalue weighted by atomic mass is 16.4. The summed E-state index contributed by atoms with van der Waals surface area (Å²) in [6.45, 7) is 2.16. The maximum absolute atomic E-state index is 10.8. The summed E-state index contributed by atoms with van der Waals surface area (Å²) in [4.78, 5) is 19.8. The Balaban J connectivity index is 2.13. The van der Waals surface area contributed by atoms with Gasteiger partial charge in [0, 0.05) is 6.42 Å². The zero-order valence-corrected chi connectivity index (χ0v) is 18.2. The molecule has 31 heavy (non-hydrogen) atoms. The van der Waals surface area contributed by atoms with Crippen LogP contribution in [-0.2, 0) is 4.79 Å². The Bertz CT molecular complexity index is 855. The SMILES string of the molecule is CCCCCCC[C@@H](O)c1nc2ccccc2nc1/C=C/[C@@H](O)[C@@H](O)CCCC(=O)O. The zero-order valence-electron chi connectivity index (χ0n) is 18.2. The van der Waals surface area contributed by atoms with Crippen LogP contribution in [0.25, 0.3) is 17.1 Å². The number of aliphatic carboxylic acids is 1. The first-order valence-corrected chi connectivity index (χ1v) is 11.1. The molecule has 0 radical (unpaired) electrons. The molecule has 0 aliphatic rings. The lowest BCUT2D eigenvalue weighted by molar-refractivity contribution is -0.137. The smallest absolute Gasteiger partial charge is 0.303 e. The largest absolute Gasteiger partial charge is 0.481 e. The fraction of sp³-hybridized carbons (Fsp3) is 0.542. The second-order valence-electron chi connectivity index (χ2n) is 7.90. The van der Waals surface area contributed by atoms with E-state index < -0.39 is 24.3 Å². The number of unbranched alkanes of at least 4 members (excludes halogenated alkanes) is 4. The van der Waals surface area contributed by atoms with Gasteiger partial charge in [0.1, 0.15) is 0 Å². The van der Waals surface area contributed by atoms with E-state index in [-0.39, 0.29) is 19.3 Å². The molecule has 0 amide bonds. The molecule has 7 heteroatoms. The average molecular weight is 431 g/mol. The van der Waals surface area contributed by atoms with E-state index in [2.05, 4.69) is 16.9 Å². The van der Waals surface area contributed by atoms with Crippen molar-refractivity contribution in [2.45, 2.75) is 83.0 Å². The van der Waals surface area contributed by atoms with Crippen LogP contribution in [-0.4, -0.2) is 48.6 Å². The molecule has 0 saturated carbocycles. The number of nitrogens with zero attached hydrogens (tertiary/aromatic N) is 2. The van der Waals surface area contributed by atoms with Crippen molar-refractivity contribution in [3.05, 3.63) is 41.7 Å². The summed E-state index contributed by atoms with van der Waals surface area (Å²) < 4.78 is 0. The van der Waals surface area contributed by atoms with Crippen molar-refractivity contribution in [1.29, 1.82) is 0 Å². The lowest BCUT2D eigenvalue weighted by atomic mass is 10.0. The molecular formula is C24H34N2O5. The normalized spacial score (nSPS) is 14.7. The number of aliphatic hydroxyl groups is 3. The summed E-state index contributed by atoms with van der Waals surface area (Å²) in [6, 6.07) is 7.40.